The van der Waals surface area contributed by atoms with E-state index in [1.165, 1.54) is 4.68 Å². The smallest absolute Gasteiger partial charge is 0.311 e. The molecule has 2 rings (SSSR count). The molecule has 2 aromatic rings. The minimum Gasteiger partial charge on any atom is -0.311 e. The zero-order valence-electron chi connectivity index (χ0n) is 6.90. The van der Waals surface area contributed by atoms with Crippen LogP contribution in [0.2, 0.25) is 0 Å². The summed E-state index contributed by atoms with van der Waals surface area (Å²) in [4.78, 5) is 13.6. The largest absolute Gasteiger partial charge is 0.344 e. The first-order chi connectivity index (χ1) is 6.36. The Morgan fingerprint density at radius 3 is 2.62 bits per heavy atom. The minimum absolute atomic E-state index is 0.177. The van der Waals surface area contributed by atoms with Gasteiger partial charge in [-0.3, -0.25) is 5.43 Å². The second-order valence-electron chi connectivity index (χ2n) is 2.61. The third kappa shape index (κ3) is 1.61. The fraction of sp³-hybridized carbons (Fsp3) is 0. The molecule has 0 amide bonds. The molecule has 2 N–H and O–H groups in total. The quantitative estimate of drug-likeness (QED) is 0.716. The summed E-state index contributed by atoms with van der Waals surface area (Å²) in [5.74, 6) is 0. The summed E-state index contributed by atoms with van der Waals surface area (Å²) < 4.78 is 1.38. The molecule has 13 heavy (non-hydrogen) atoms. The summed E-state index contributed by atoms with van der Waals surface area (Å²) in [7, 11) is 0. The van der Waals surface area contributed by atoms with Crippen molar-refractivity contribution >= 4 is 5.69 Å². The number of anilines is 1. The zero-order valence-corrected chi connectivity index (χ0v) is 6.90. The monoisotopic (exact) mass is 175 g/mol. The van der Waals surface area contributed by atoms with Gasteiger partial charge in [-0.05, 0) is 12.1 Å². The molecule has 0 aliphatic rings. The summed E-state index contributed by atoms with van der Waals surface area (Å²) in [6, 6.07) is 9.50. The van der Waals surface area contributed by atoms with Crippen molar-refractivity contribution in [3.8, 4) is 0 Å². The Morgan fingerprint density at radius 2 is 2.00 bits per heavy atom. The van der Waals surface area contributed by atoms with Crippen molar-refractivity contribution in [3.05, 3.63) is 53.2 Å². The molecule has 0 aliphatic heterocycles. The van der Waals surface area contributed by atoms with Gasteiger partial charge in [-0.1, -0.05) is 18.2 Å². The van der Waals surface area contributed by atoms with Crippen LogP contribution >= 0.6 is 0 Å². The molecule has 4 heteroatoms. The van der Waals surface area contributed by atoms with E-state index < -0.39 is 0 Å². The van der Waals surface area contributed by atoms with Crippen LogP contribution in [0, 0.1) is 0 Å². The van der Waals surface area contributed by atoms with Crippen molar-refractivity contribution < 1.29 is 0 Å². The van der Waals surface area contributed by atoms with E-state index in [-0.39, 0.29) is 5.69 Å². The van der Waals surface area contributed by atoms with Crippen LogP contribution in [-0.4, -0.2) is 9.66 Å². The summed E-state index contributed by atoms with van der Waals surface area (Å²) in [6.45, 7) is 0. The first kappa shape index (κ1) is 7.67. The predicted molar refractivity (Wildman–Crippen MR) is 50.5 cm³/mol. The number of rotatable bonds is 2. The van der Waals surface area contributed by atoms with Gasteiger partial charge in [0.1, 0.15) is 0 Å². The molecular formula is C9H9N3O. The van der Waals surface area contributed by atoms with E-state index in [1.807, 2.05) is 30.3 Å². The molecule has 0 saturated carbocycles. The number of benzene rings is 1. The van der Waals surface area contributed by atoms with Crippen LogP contribution < -0.4 is 11.1 Å². The van der Waals surface area contributed by atoms with Crippen molar-refractivity contribution in [2.75, 3.05) is 5.43 Å². The van der Waals surface area contributed by atoms with Crippen molar-refractivity contribution in [2.45, 2.75) is 0 Å². The number of nitrogens with zero attached hydrogens (tertiary/aromatic N) is 1. The van der Waals surface area contributed by atoms with E-state index >= 15 is 0 Å². The Hall–Kier alpha value is -1.97. The fourth-order valence-corrected chi connectivity index (χ4v) is 1.06. The average Bonchev–Trinajstić information content (AvgIpc) is 2.54. The Kier molecular flexibility index (Phi) is 1.88. The lowest BCUT2D eigenvalue weighted by atomic mass is 10.3. The number of aromatic nitrogens is 2. The maximum Gasteiger partial charge on any atom is 0.344 e. The predicted octanol–water partition coefficient (Wildman–Crippen LogP) is 1.05. The van der Waals surface area contributed by atoms with Crippen LogP contribution in [0.5, 0.6) is 0 Å². The molecule has 1 heterocycles. The standard InChI is InChI=1S/C9H9N3O/c13-9-10-6-7-12(9)11-8-4-2-1-3-5-8/h1-7,11H,(H,10,13). The topological polar surface area (TPSA) is 49.8 Å². The maximum absolute atomic E-state index is 11.1. The third-order valence-corrected chi connectivity index (χ3v) is 1.67. The highest BCUT2D eigenvalue weighted by Gasteiger charge is 1.93. The maximum atomic E-state index is 11.1. The van der Waals surface area contributed by atoms with E-state index in [9.17, 15) is 4.79 Å². The summed E-state index contributed by atoms with van der Waals surface area (Å²) >= 11 is 0. The summed E-state index contributed by atoms with van der Waals surface area (Å²) in [5, 5.41) is 0. The summed E-state index contributed by atoms with van der Waals surface area (Å²) in [5.41, 5.74) is 3.63. The molecule has 0 radical (unpaired) electrons. The summed E-state index contributed by atoms with van der Waals surface area (Å²) in [6.07, 6.45) is 3.22. The molecular weight excluding hydrogens is 166 g/mol. The number of imidazole rings is 1. The molecule has 66 valence electrons. The van der Waals surface area contributed by atoms with Crippen LogP contribution in [0.3, 0.4) is 0 Å². The molecule has 0 saturated heterocycles. The molecule has 0 aliphatic carbocycles. The van der Waals surface area contributed by atoms with Gasteiger partial charge in [0.2, 0.25) is 0 Å². The lowest BCUT2D eigenvalue weighted by Gasteiger charge is -2.03. The molecule has 0 unspecified atom stereocenters. The van der Waals surface area contributed by atoms with Gasteiger partial charge in [-0.2, -0.15) is 0 Å². The van der Waals surface area contributed by atoms with Gasteiger partial charge in [0, 0.05) is 12.4 Å². The molecule has 0 fully saturated rings. The number of aromatic amines is 1. The van der Waals surface area contributed by atoms with E-state index in [2.05, 4.69) is 10.4 Å². The highest BCUT2D eigenvalue weighted by Crippen LogP contribution is 2.03. The Morgan fingerprint density at radius 1 is 1.23 bits per heavy atom. The van der Waals surface area contributed by atoms with Crippen molar-refractivity contribution in [1.29, 1.82) is 0 Å². The molecule has 0 spiro atoms. The minimum atomic E-state index is -0.177. The Balaban J connectivity index is 2.25. The van der Waals surface area contributed by atoms with Crippen molar-refractivity contribution in [2.24, 2.45) is 0 Å². The molecule has 0 bridgehead atoms. The second kappa shape index (κ2) is 3.18. The zero-order chi connectivity index (χ0) is 9.10. The SMILES string of the molecule is O=c1[nH]ccn1Nc1ccccc1. The van der Waals surface area contributed by atoms with E-state index in [1.54, 1.807) is 12.4 Å². The van der Waals surface area contributed by atoms with Gasteiger partial charge in [-0.25, -0.2) is 9.47 Å². The number of hydrogen-bond donors (Lipinski definition) is 2. The van der Waals surface area contributed by atoms with Crippen molar-refractivity contribution in [1.82, 2.24) is 9.66 Å². The van der Waals surface area contributed by atoms with Gasteiger partial charge in [-0.15, -0.1) is 0 Å². The molecule has 0 atom stereocenters. The third-order valence-electron chi connectivity index (χ3n) is 1.67. The van der Waals surface area contributed by atoms with Crippen LogP contribution in [0.25, 0.3) is 0 Å². The van der Waals surface area contributed by atoms with E-state index in [0.717, 1.165) is 5.69 Å². The van der Waals surface area contributed by atoms with E-state index in [0.29, 0.717) is 0 Å². The van der Waals surface area contributed by atoms with E-state index in [4.69, 9.17) is 0 Å². The van der Waals surface area contributed by atoms with Gasteiger partial charge in [0.25, 0.3) is 0 Å². The normalized spacial score (nSPS) is 9.85. The van der Waals surface area contributed by atoms with Gasteiger partial charge >= 0.3 is 5.69 Å². The Labute approximate surface area is 74.8 Å². The lowest BCUT2D eigenvalue weighted by molar-refractivity contribution is 0.900. The molecule has 1 aromatic carbocycles. The van der Waals surface area contributed by atoms with Gasteiger partial charge in [0.15, 0.2) is 0 Å². The van der Waals surface area contributed by atoms with Gasteiger partial charge < -0.3 is 4.98 Å². The number of hydrogen-bond acceptors (Lipinski definition) is 2. The van der Waals surface area contributed by atoms with Crippen LogP contribution in [0.15, 0.2) is 47.5 Å². The first-order valence-corrected chi connectivity index (χ1v) is 3.94. The Bertz CT molecular complexity index is 429. The fourth-order valence-electron chi connectivity index (χ4n) is 1.06. The second-order valence-corrected chi connectivity index (χ2v) is 2.61. The highest BCUT2D eigenvalue weighted by molar-refractivity contribution is 5.41. The lowest BCUT2D eigenvalue weighted by Crippen LogP contribution is -2.22. The van der Waals surface area contributed by atoms with Crippen molar-refractivity contribution in [3.63, 3.8) is 0 Å². The number of H-pyrrole nitrogens is 1. The van der Waals surface area contributed by atoms with Crippen LogP contribution in [0.4, 0.5) is 5.69 Å². The van der Waals surface area contributed by atoms with Crippen LogP contribution in [-0.2, 0) is 0 Å². The first-order valence-electron chi connectivity index (χ1n) is 3.94. The average molecular weight is 175 g/mol. The van der Waals surface area contributed by atoms with Gasteiger partial charge in [0.05, 0.1) is 5.69 Å². The highest BCUT2D eigenvalue weighted by atomic mass is 16.2. The number of nitrogens with one attached hydrogen (secondary N) is 2. The molecule has 1 aromatic heterocycles. The van der Waals surface area contributed by atoms with Crippen LogP contribution in [0.1, 0.15) is 0 Å². The number of para-hydroxylation sites is 1. The molecule has 4 nitrogen and oxygen atoms in total.